The van der Waals surface area contributed by atoms with E-state index >= 15 is 0 Å². The maximum Gasteiger partial charge on any atom is 0.307 e. The number of carbonyl (C=O) groups is 1. The van der Waals surface area contributed by atoms with Crippen molar-refractivity contribution in [2.45, 2.75) is 13.3 Å². The summed E-state index contributed by atoms with van der Waals surface area (Å²) in [5.74, 6) is -2.09. The van der Waals surface area contributed by atoms with E-state index < -0.39 is 17.6 Å². The molecular formula is C13H14F2N2O2. The number of hydrogen-bond acceptors (Lipinski definition) is 4. The molecule has 1 rings (SSSR count). The quantitative estimate of drug-likeness (QED) is 0.768. The molecule has 0 radical (unpaired) electrons. The molecule has 0 aliphatic rings. The summed E-state index contributed by atoms with van der Waals surface area (Å²) in [5.41, 5.74) is -0.346. The van der Waals surface area contributed by atoms with Gasteiger partial charge in [-0.15, -0.1) is 0 Å². The van der Waals surface area contributed by atoms with Gasteiger partial charge in [0, 0.05) is 13.6 Å². The first-order chi connectivity index (χ1) is 8.99. The fourth-order valence-corrected chi connectivity index (χ4v) is 1.60. The Morgan fingerprint density at radius 3 is 2.47 bits per heavy atom. The van der Waals surface area contributed by atoms with Crippen LogP contribution in [0.15, 0.2) is 12.1 Å². The first-order valence-electron chi connectivity index (χ1n) is 5.75. The Morgan fingerprint density at radius 2 is 2.00 bits per heavy atom. The largest absolute Gasteiger partial charge is 0.466 e. The third-order valence-corrected chi connectivity index (χ3v) is 2.48. The molecule has 0 saturated heterocycles. The van der Waals surface area contributed by atoms with Crippen LogP contribution in [0, 0.1) is 23.0 Å². The summed E-state index contributed by atoms with van der Waals surface area (Å²) in [6.07, 6.45) is 0.0310. The molecular weight excluding hydrogens is 254 g/mol. The second-order valence-electron chi connectivity index (χ2n) is 3.88. The molecule has 0 aliphatic carbocycles. The summed E-state index contributed by atoms with van der Waals surface area (Å²) in [7, 11) is 1.47. The van der Waals surface area contributed by atoms with Crippen molar-refractivity contribution in [3.05, 3.63) is 29.3 Å². The second kappa shape index (κ2) is 6.69. The monoisotopic (exact) mass is 268 g/mol. The highest BCUT2D eigenvalue weighted by Crippen LogP contribution is 2.24. The SMILES string of the molecule is CCOC(=O)CCN(C)c1c(F)cc(C#N)cc1F. The molecule has 1 aromatic rings. The molecule has 1 aromatic carbocycles. The number of nitriles is 1. The molecule has 0 atom stereocenters. The van der Waals surface area contributed by atoms with Gasteiger partial charge >= 0.3 is 5.97 Å². The molecule has 0 bridgehead atoms. The number of hydrogen-bond donors (Lipinski definition) is 0. The lowest BCUT2D eigenvalue weighted by Crippen LogP contribution is -2.24. The van der Waals surface area contributed by atoms with Gasteiger partial charge in [0.05, 0.1) is 24.7 Å². The van der Waals surface area contributed by atoms with E-state index in [2.05, 4.69) is 0 Å². The van der Waals surface area contributed by atoms with Gasteiger partial charge in [0.2, 0.25) is 0 Å². The zero-order chi connectivity index (χ0) is 14.4. The van der Waals surface area contributed by atoms with Crippen molar-refractivity contribution in [2.75, 3.05) is 25.1 Å². The fourth-order valence-electron chi connectivity index (χ4n) is 1.60. The van der Waals surface area contributed by atoms with Crippen molar-refractivity contribution < 1.29 is 18.3 Å². The van der Waals surface area contributed by atoms with Gasteiger partial charge in [0.1, 0.15) is 5.69 Å². The normalized spacial score (nSPS) is 9.84. The molecule has 6 heteroatoms. The van der Waals surface area contributed by atoms with E-state index in [-0.39, 0.29) is 30.8 Å². The number of anilines is 1. The summed E-state index contributed by atoms with van der Waals surface area (Å²) in [5, 5.41) is 8.59. The highest BCUT2D eigenvalue weighted by Gasteiger charge is 2.16. The Kier molecular flexibility index (Phi) is 5.24. The van der Waals surface area contributed by atoms with E-state index in [9.17, 15) is 13.6 Å². The molecule has 19 heavy (non-hydrogen) atoms. The Labute approximate surface area is 110 Å². The molecule has 0 N–H and O–H groups in total. The van der Waals surface area contributed by atoms with Crippen LogP contribution in [0.3, 0.4) is 0 Å². The lowest BCUT2D eigenvalue weighted by Gasteiger charge is -2.20. The number of benzene rings is 1. The number of nitrogens with zero attached hydrogens (tertiary/aromatic N) is 2. The number of rotatable bonds is 5. The maximum absolute atomic E-state index is 13.7. The average Bonchev–Trinajstić information content (AvgIpc) is 2.35. The topological polar surface area (TPSA) is 53.3 Å². The van der Waals surface area contributed by atoms with E-state index in [0.29, 0.717) is 0 Å². The second-order valence-corrected chi connectivity index (χ2v) is 3.88. The summed E-state index contributed by atoms with van der Waals surface area (Å²) in [6.45, 7) is 2.07. The van der Waals surface area contributed by atoms with Gasteiger partial charge in [-0.2, -0.15) is 5.26 Å². The molecule has 0 unspecified atom stereocenters. The number of ether oxygens (including phenoxy) is 1. The Morgan fingerprint density at radius 1 is 1.42 bits per heavy atom. The molecule has 0 aliphatic heterocycles. The van der Waals surface area contributed by atoms with Crippen LogP contribution in [0.5, 0.6) is 0 Å². The van der Waals surface area contributed by atoms with Gasteiger partial charge < -0.3 is 9.64 Å². The van der Waals surface area contributed by atoms with Crippen LogP contribution in [0.25, 0.3) is 0 Å². The van der Waals surface area contributed by atoms with Crippen molar-refractivity contribution in [2.24, 2.45) is 0 Å². The molecule has 0 amide bonds. The highest BCUT2D eigenvalue weighted by molar-refractivity contribution is 5.70. The zero-order valence-electron chi connectivity index (χ0n) is 10.7. The minimum Gasteiger partial charge on any atom is -0.466 e. The minimum atomic E-state index is -0.831. The summed E-state index contributed by atoms with van der Waals surface area (Å²) < 4.78 is 32.1. The molecule has 0 heterocycles. The maximum atomic E-state index is 13.7. The van der Waals surface area contributed by atoms with Crippen LogP contribution >= 0.6 is 0 Å². The van der Waals surface area contributed by atoms with E-state index in [4.69, 9.17) is 10.00 Å². The number of carbonyl (C=O) groups excluding carboxylic acids is 1. The Hall–Kier alpha value is -2.16. The van der Waals surface area contributed by atoms with E-state index in [1.54, 1.807) is 13.0 Å². The molecule has 102 valence electrons. The van der Waals surface area contributed by atoms with Gasteiger partial charge in [-0.3, -0.25) is 4.79 Å². The van der Waals surface area contributed by atoms with Crippen LogP contribution in [-0.2, 0) is 9.53 Å². The van der Waals surface area contributed by atoms with Crippen molar-refractivity contribution in [1.82, 2.24) is 0 Å². The van der Waals surface area contributed by atoms with E-state index in [1.807, 2.05) is 0 Å². The summed E-state index contributed by atoms with van der Waals surface area (Å²) in [6, 6.07) is 3.58. The first kappa shape index (κ1) is 14.9. The highest BCUT2D eigenvalue weighted by atomic mass is 19.1. The van der Waals surface area contributed by atoms with Crippen molar-refractivity contribution in [3.8, 4) is 6.07 Å². The first-order valence-corrected chi connectivity index (χ1v) is 5.75. The smallest absolute Gasteiger partial charge is 0.307 e. The molecule has 0 spiro atoms. The number of halogens is 2. The van der Waals surface area contributed by atoms with Crippen LogP contribution in [0.1, 0.15) is 18.9 Å². The average molecular weight is 268 g/mol. The predicted octanol–water partition coefficient (Wildman–Crippen LogP) is 2.23. The van der Waals surface area contributed by atoms with Gasteiger partial charge in [-0.1, -0.05) is 0 Å². The van der Waals surface area contributed by atoms with Crippen molar-refractivity contribution in [3.63, 3.8) is 0 Å². The van der Waals surface area contributed by atoms with Crippen LogP contribution < -0.4 is 4.90 Å². The summed E-state index contributed by atoms with van der Waals surface area (Å²) in [4.78, 5) is 12.5. The third kappa shape index (κ3) is 3.91. The van der Waals surface area contributed by atoms with Crippen LogP contribution in [0.4, 0.5) is 14.5 Å². The van der Waals surface area contributed by atoms with Crippen LogP contribution in [0.2, 0.25) is 0 Å². The van der Waals surface area contributed by atoms with E-state index in [1.165, 1.54) is 11.9 Å². The molecule has 0 aromatic heterocycles. The Bertz CT molecular complexity index is 489. The lowest BCUT2D eigenvalue weighted by atomic mass is 10.2. The van der Waals surface area contributed by atoms with E-state index in [0.717, 1.165) is 12.1 Å². The van der Waals surface area contributed by atoms with Gasteiger partial charge in [0.25, 0.3) is 0 Å². The van der Waals surface area contributed by atoms with Gasteiger partial charge in [-0.05, 0) is 19.1 Å². The number of esters is 1. The molecule has 4 nitrogen and oxygen atoms in total. The molecule has 0 saturated carbocycles. The summed E-state index contributed by atoms with van der Waals surface area (Å²) >= 11 is 0. The zero-order valence-corrected chi connectivity index (χ0v) is 10.7. The Balaban J connectivity index is 2.80. The predicted molar refractivity (Wildman–Crippen MR) is 65.6 cm³/mol. The minimum absolute atomic E-state index is 0.0310. The van der Waals surface area contributed by atoms with Gasteiger partial charge in [-0.25, -0.2) is 8.78 Å². The lowest BCUT2D eigenvalue weighted by molar-refractivity contribution is -0.142. The van der Waals surface area contributed by atoms with Gasteiger partial charge in [0.15, 0.2) is 11.6 Å². The van der Waals surface area contributed by atoms with Crippen molar-refractivity contribution >= 4 is 11.7 Å². The fraction of sp³-hybridized carbons (Fsp3) is 0.385. The molecule has 0 fully saturated rings. The standard InChI is InChI=1S/C13H14F2N2O2/c1-3-19-12(18)4-5-17(2)13-10(14)6-9(8-16)7-11(13)15/h6-7H,3-5H2,1-2H3. The van der Waals surface area contributed by atoms with Crippen molar-refractivity contribution in [1.29, 1.82) is 5.26 Å². The third-order valence-electron chi connectivity index (χ3n) is 2.48. The van der Waals surface area contributed by atoms with Crippen LogP contribution in [-0.4, -0.2) is 26.2 Å².